The number of aryl methyl sites for hydroxylation is 2. The van der Waals surface area contributed by atoms with Crippen LogP contribution in [0.2, 0.25) is 5.02 Å². The largest absolute Gasteiger partial charge is 0.292 e. The number of aromatic nitrogens is 2. The summed E-state index contributed by atoms with van der Waals surface area (Å²) < 4.78 is 1.62. The first-order valence-electron chi connectivity index (χ1n) is 5.77. The molecule has 0 saturated heterocycles. The average Bonchev–Trinajstić information content (AvgIpc) is 2.64. The summed E-state index contributed by atoms with van der Waals surface area (Å²) in [4.78, 5) is 12.1. The molecule has 0 spiro atoms. The number of hydrogen-bond donors (Lipinski definition) is 0. The standard InChI is InChI=1S/C14H15ClN2O/c1-9-4-5-12(6-10(9)2)14(18)8-17-11(3)13(15)7-16-17/h4-7H,8H2,1-3H3. The fraction of sp³-hybridized carbons (Fsp3) is 0.286. The Bertz CT molecular complexity index is 602. The van der Waals surface area contributed by atoms with Gasteiger partial charge in [0, 0.05) is 5.56 Å². The van der Waals surface area contributed by atoms with Crippen molar-refractivity contribution in [2.75, 3.05) is 0 Å². The van der Waals surface area contributed by atoms with Gasteiger partial charge in [-0.2, -0.15) is 5.10 Å². The smallest absolute Gasteiger partial charge is 0.184 e. The Labute approximate surface area is 111 Å². The molecule has 2 aromatic rings. The van der Waals surface area contributed by atoms with Crippen molar-refractivity contribution in [3.63, 3.8) is 0 Å². The third kappa shape index (κ3) is 2.46. The molecule has 0 atom stereocenters. The van der Waals surface area contributed by atoms with E-state index in [-0.39, 0.29) is 12.3 Å². The molecule has 0 fully saturated rings. The lowest BCUT2D eigenvalue weighted by Crippen LogP contribution is -2.13. The predicted molar refractivity (Wildman–Crippen MR) is 72.2 cm³/mol. The second kappa shape index (κ2) is 4.94. The Kier molecular flexibility index (Phi) is 3.53. The van der Waals surface area contributed by atoms with Gasteiger partial charge < -0.3 is 0 Å². The Morgan fingerprint density at radius 3 is 2.56 bits per heavy atom. The molecule has 0 aliphatic heterocycles. The van der Waals surface area contributed by atoms with Crippen LogP contribution < -0.4 is 0 Å². The minimum absolute atomic E-state index is 0.0426. The van der Waals surface area contributed by atoms with Crippen molar-refractivity contribution < 1.29 is 4.79 Å². The lowest BCUT2D eigenvalue weighted by Gasteiger charge is -2.06. The lowest BCUT2D eigenvalue weighted by molar-refractivity contribution is 0.0966. The molecule has 0 N–H and O–H groups in total. The molecule has 1 aromatic heterocycles. The van der Waals surface area contributed by atoms with Crippen LogP contribution in [0.15, 0.2) is 24.4 Å². The number of hydrogen-bond acceptors (Lipinski definition) is 2. The van der Waals surface area contributed by atoms with Gasteiger partial charge in [-0.15, -0.1) is 0 Å². The Hall–Kier alpha value is -1.61. The van der Waals surface area contributed by atoms with Crippen molar-refractivity contribution in [1.82, 2.24) is 9.78 Å². The van der Waals surface area contributed by atoms with E-state index in [9.17, 15) is 4.79 Å². The number of carbonyl (C=O) groups is 1. The van der Waals surface area contributed by atoms with Gasteiger partial charge in [0.15, 0.2) is 5.78 Å². The zero-order valence-corrected chi connectivity index (χ0v) is 11.5. The summed E-state index contributed by atoms with van der Waals surface area (Å²) in [6, 6.07) is 5.73. The summed E-state index contributed by atoms with van der Waals surface area (Å²) in [5.74, 6) is 0.0426. The van der Waals surface area contributed by atoms with Crippen LogP contribution in [0.4, 0.5) is 0 Å². The topological polar surface area (TPSA) is 34.9 Å². The number of Topliss-reactive ketones (excluding diaryl/α,β-unsaturated/α-hetero) is 1. The number of rotatable bonds is 3. The van der Waals surface area contributed by atoms with Crippen molar-refractivity contribution in [3.05, 3.63) is 51.8 Å². The number of ketones is 1. The minimum Gasteiger partial charge on any atom is -0.292 e. The van der Waals surface area contributed by atoms with E-state index in [4.69, 9.17) is 11.6 Å². The van der Waals surface area contributed by atoms with Crippen LogP contribution in [-0.4, -0.2) is 15.6 Å². The minimum atomic E-state index is 0.0426. The third-order valence-corrected chi connectivity index (χ3v) is 3.54. The maximum Gasteiger partial charge on any atom is 0.184 e. The summed E-state index contributed by atoms with van der Waals surface area (Å²) in [6.07, 6.45) is 1.56. The first-order chi connectivity index (χ1) is 8.49. The molecule has 0 bridgehead atoms. The van der Waals surface area contributed by atoms with Gasteiger partial charge in [-0.1, -0.05) is 23.7 Å². The van der Waals surface area contributed by atoms with Crippen LogP contribution in [0.3, 0.4) is 0 Å². The van der Waals surface area contributed by atoms with Gasteiger partial charge in [-0.3, -0.25) is 9.48 Å². The molecule has 0 radical (unpaired) electrons. The predicted octanol–water partition coefficient (Wildman–Crippen LogP) is 3.34. The molecule has 4 heteroatoms. The molecule has 3 nitrogen and oxygen atoms in total. The zero-order chi connectivity index (χ0) is 13.3. The monoisotopic (exact) mass is 262 g/mol. The van der Waals surface area contributed by atoms with Gasteiger partial charge in [0.1, 0.15) is 6.54 Å². The zero-order valence-electron chi connectivity index (χ0n) is 10.7. The highest BCUT2D eigenvalue weighted by atomic mass is 35.5. The van der Waals surface area contributed by atoms with Gasteiger partial charge in [-0.05, 0) is 38.0 Å². The summed E-state index contributed by atoms with van der Waals surface area (Å²) >= 11 is 5.91. The lowest BCUT2D eigenvalue weighted by atomic mass is 10.0. The van der Waals surface area contributed by atoms with Crippen LogP contribution in [0, 0.1) is 20.8 Å². The molecule has 18 heavy (non-hydrogen) atoms. The molecule has 0 saturated carbocycles. The molecular formula is C14H15ClN2O. The number of halogens is 1. The summed E-state index contributed by atoms with van der Waals surface area (Å²) in [6.45, 7) is 6.10. The maximum absolute atomic E-state index is 12.1. The second-order valence-corrected chi connectivity index (χ2v) is 4.86. The van der Waals surface area contributed by atoms with Crippen LogP contribution in [0.5, 0.6) is 0 Å². The van der Waals surface area contributed by atoms with E-state index in [1.54, 1.807) is 10.9 Å². The summed E-state index contributed by atoms with van der Waals surface area (Å²) in [5.41, 5.74) is 3.83. The van der Waals surface area contributed by atoms with E-state index < -0.39 is 0 Å². The molecule has 1 heterocycles. The molecule has 0 amide bonds. The highest BCUT2D eigenvalue weighted by molar-refractivity contribution is 6.31. The number of benzene rings is 1. The second-order valence-electron chi connectivity index (χ2n) is 4.46. The molecular weight excluding hydrogens is 248 g/mol. The number of nitrogens with zero attached hydrogens (tertiary/aromatic N) is 2. The fourth-order valence-corrected chi connectivity index (χ4v) is 1.87. The van der Waals surface area contributed by atoms with Gasteiger partial charge in [0.25, 0.3) is 0 Å². The van der Waals surface area contributed by atoms with Gasteiger partial charge in [0.2, 0.25) is 0 Å². The first-order valence-corrected chi connectivity index (χ1v) is 6.15. The molecule has 94 valence electrons. The number of carbonyl (C=O) groups excluding carboxylic acids is 1. The average molecular weight is 263 g/mol. The van der Waals surface area contributed by atoms with Crippen molar-refractivity contribution in [2.45, 2.75) is 27.3 Å². The maximum atomic E-state index is 12.1. The van der Waals surface area contributed by atoms with E-state index in [1.165, 1.54) is 5.56 Å². The third-order valence-electron chi connectivity index (χ3n) is 3.17. The van der Waals surface area contributed by atoms with Gasteiger partial charge in [0.05, 0.1) is 16.9 Å². The van der Waals surface area contributed by atoms with Gasteiger partial charge in [-0.25, -0.2) is 0 Å². The van der Waals surface area contributed by atoms with Crippen molar-refractivity contribution in [1.29, 1.82) is 0 Å². The first kappa shape index (κ1) is 12.8. The summed E-state index contributed by atoms with van der Waals surface area (Å²) in [7, 11) is 0. The Balaban J connectivity index is 2.22. The van der Waals surface area contributed by atoms with E-state index >= 15 is 0 Å². The van der Waals surface area contributed by atoms with Crippen LogP contribution in [-0.2, 0) is 6.54 Å². The van der Waals surface area contributed by atoms with E-state index in [2.05, 4.69) is 5.10 Å². The van der Waals surface area contributed by atoms with Crippen molar-refractivity contribution >= 4 is 17.4 Å². The molecule has 0 aliphatic carbocycles. The van der Waals surface area contributed by atoms with Crippen molar-refractivity contribution in [3.8, 4) is 0 Å². The van der Waals surface area contributed by atoms with Gasteiger partial charge >= 0.3 is 0 Å². The van der Waals surface area contributed by atoms with Crippen LogP contribution in [0.25, 0.3) is 0 Å². The molecule has 1 aromatic carbocycles. The fourth-order valence-electron chi connectivity index (χ4n) is 1.73. The van der Waals surface area contributed by atoms with Crippen LogP contribution in [0.1, 0.15) is 27.2 Å². The summed E-state index contributed by atoms with van der Waals surface area (Å²) in [5, 5.41) is 4.67. The molecule has 0 unspecified atom stereocenters. The Morgan fingerprint density at radius 2 is 2.00 bits per heavy atom. The molecule has 0 aliphatic rings. The van der Waals surface area contributed by atoms with Crippen LogP contribution >= 0.6 is 11.6 Å². The normalized spacial score (nSPS) is 10.7. The quantitative estimate of drug-likeness (QED) is 0.795. The van der Waals surface area contributed by atoms with E-state index in [1.807, 2.05) is 39.0 Å². The SMILES string of the molecule is Cc1ccc(C(=O)Cn2ncc(Cl)c2C)cc1C. The van der Waals surface area contributed by atoms with Crippen molar-refractivity contribution in [2.24, 2.45) is 0 Å². The molecule has 2 rings (SSSR count). The van der Waals surface area contributed by atoms with E-state index in [0.29, 0.717) is 10.6 Å². The Morgan fingerprint density at radius 1 is 1.28 bits per heavy atom. The highest BCUT2D eigenvalue weighted by Crippen LogP contribution is 2.15. The highest BCUT2D eigenvalue weighted by Gasteiger charge is 2.11. The van der Waals surface area contributed by atoms with E-state index in [0.717, 1.165) is 11.3 Å².